The van der Waals surface area contributed by atoms with Gasteiger partial charge in [0.1, 0.15) is 0 Å². The molecule has 0 saturated heterocycles. The van der Waals surface area contributed by atoms with Gasteiger partial charge in [-0.05, 0) is 13.0 Å². The second-order valence-electron chi connectivity index (χ2n) is 2.55. The molecule has 0 saturated carbocycles. The van der Waals surface area contributed by atoms with Crippen molar-refractivity contribution in [3.05, 3.63) is 20.3 Å². The number of thiophene rings is 1. The minimum atomic E-state index is -0.184. The van der Waals surface area contributed by atoms with Gasteiger partial charge >= 0.3 is 0 Å². The number of halogens is 2. The van der Waals surface area contributed by atoms with Crippen LogP contribution >= 0.6 is 34.5 Å². The Morgan fingerprint density at radius 2 is 2.31 bits per heavy atom. The van der Waals surface area contributed by atoms with Crippen molar-refractivity contribution >= 4 is 34.5 Å². The lowest BCUT2D eigenvalue weighted by Crippen LogP contribution is -2.16. The molecule has 0 aliphatic carbocycles. The van der Waals surface area contributed by atoms with Gasteiger partial charge in [0.15, 0.2) is 0 Å². The van der Waals surface area contributed by atoms with Crippen LogP contribution in [-0.2, 0) is 4.74 Å². The monoisotopic (exact) mass is 239 g/mol. The highest BCUT2D eigenvalue weighted by atomic mass is 35.5. The second-order valence-corrected chi connectivity index (χ2v) is 4.83. The summed E-state index contributed by atoms with van der Waals surface area (Å²) in [7, 11) is 0. The molecule has 0 bridgehead atoms. The quantitative estimate of drug-likeness (QED) is 0.877. The minimum absolute atomic E-state index is 0.184. The molecule has 5 heteroatoms. The van der Waals surface area contributed by atoms with E-state index in [9.17, 15) is 0 Å². The summed E-state index contributed by atoms with van der Waals surface area (Å²) < 4.78 is 6.50. The Labute approximate surface area is 91.6 Å². The first kappa shape index (κ1) is 11.3. The zero-order chi connectivity index (χ0) is 9.84. The molecule has 1 unspecified atom stereocenters. The molecule has 0 aliphatic rings. The maximum atomic E-state index is 5.92. The summed E-state index contributed by atoms with van der Waals surface area (Å²) in [6.07, 6.45) is 0. The maximum Gasteiger partial charge on any atom is 0.0992 e. The lowest BCUT2D eigenvalue weighted by molar-refractivity contribution is 0.133. The zero-order valence-corrected chi connectivity index (χ0v) is 9.55. The molecular formula is C8H11Cl2NOS. The van der Waals surface area contributed by atoms with Crippen LogP contribution in [0, 0.1) is 0 Å². The SMILES string of the molecule is CCOCC(N)c1cc(Cl)sc1Cl. The summed E-state index contributed by atoms with van der Waals surface area (Å²) in [5, 5.41) is 0. The normalized spacial score (nSPS) is 13.2. The third-order valence-electron chi connectivity index (χ3n) is 1.58. The summed E-state index contributed by atoms with van der Waals surface area (Å²) in [4.78, 5) is 0. The number of rotatable bonds is 4. The molecule has 0 radical (unpaired) electrons. The molecule has 2 nitrogen and oxygen atoms in total. The molecule has 0 spiro atoms. The Morgan fingerprint density at radius 1 is 1.62 bits per heavy atom. The number of nitrogens with two attached hydrogens (primary N) is 1. The first-order chi connectivity index (χ1) is 6.15. The van der Waals surface area contributed by atoms with Crippen molar-refractivity contribution in [3.63, 3.8) is 0 Å². The third-order valence-corrected chi connectivity index (χ3v) is 3.10. The van der Waals surface area contributed by atoms with Crippen molar-refractivity contribution in [1.82, 2.24) is 0 Å². The van der Waals surface area contributed by atoms with Crippen molar-refractivity contribution < 1.29 is 4.74 Å². The molecular weight excluding hydrogens is 229 g/mol. The average Bonchev–Trinajstić information content (AvgIpc) is 2.41. The van der Waals surface area contributed by atoms with E-state index in [-0.39, 0.29) is 6.04 Å². The predicted molar refractivity (Wildman–Crippen MR) is 57.8 cm³/mol. The largest absolute Gasteiger partial charge is 0.380 e. The van der Waals surface area contributed by atoms with E-state index in [2.05, 4.69) is 0 Å². The van der Waals surface area contributed by atoms with E-state index >= 15 is 0 Å². The van der Waals surface area contributed by atoms with E-state index in [0.717, 1.165) is 5.56 Å². The van der Waals surface area contributed by atoms with Gasteiger partial charge in [0.2, 0.25) is 0 Å². The van der Waals surface area contributed by atoms with Gasteiger partial charge in [-0.2, -0.15) is 0 Å². The van der Waals surface area contributed by atoms with Gasteiger partial charge in [0.05, 0.1) is 21.3 Å². The Hall–Kier alpha value is 0.200. The Morgan fingerprint density at radius 3 is 2.77 bits per heavy atom. The van der Waals surface area contributed by atoms with Gasteiger partial charge in [-0.15, -0.1) is 11.3 Å². The van der Waals surface area contributed by atoms with Crippen molar-refractivity contribution in [2.75, 3.05) is 13.2 Å². The van der Waals surface area contributed by atoms with Crippen molar-refractivity contribution in [3.8, 4) is 0 Å². The van der Waals surface area contributed by atoms with Crippen LogP contribution in [0.5, 0.6) is 0 Å². The van der Waals surface area contributed by atoms with E-state index in [0.29, 0.717) is 21.9 Å². The van der Waals surface area contributed by atoms with Crippen LogP contribution in [0.3, 0.4) is 0 Å². The van der Waals surface area contributed by atoms with E-state index in [1.165, 1.54) is 11.3 Å². The van der Waals surface area contributed by atoms with Crippen molar-refractivity contribution in [2.24, 2.45) is 5.73 Å². The molecule has 0 amide bonds. The molecule has 1 heterocycles. The van der Waals surface area contributed by atoms with Crippen LogP contribution < -0.4 is 5.73 Å². The van der Waals surface area contributed by atoms with Gasteiger partial charge in [-0.3, -0.25) is 0 Å². The first-order valence-electron chi connectivity index (χ1n) is 3.93. The van der Waals surface area contributed by atoms with Crippen LogP contribution in [0.4, 0.5) is 0 Å². The van der Waals surface area contributed by atoms with Crippen LogP contribution in [0.1, 0.15) is 18.5 Å². The van der Waals surface area contributed by atoms with Crippen molar-refractivity contribution in [1.29, 1.82) is 0 Å². The Bertz CT molecular complexity index is 277. The second kappa shape index (κ2) is 5.17. The molecule has 0 aromatic carbocycles. The van der Waals surface area contributed by atoms with Crippen LogP contribution in [0.2, 0.25) is 8.67 Å². The third kappa shape index (κ3) is 3.11. The molecule has 13 heavy (non-hydrogen) atoms. The molecule has 1 rings (SSSR count). The highest BCUT2D eigenvalue weighted by Gasteiger charge is 2.13. The van der Waals surface area contributed by atoms with E-state index in [1.807, 2.05) is 6.92 Å². The fraction of sp³-hybridized carbons (Fsp3) is 0.500. The standard InChI is InChI=1S/C8H11Cl2NOS/c1-2-12-4-6(11)5-3-7(9)13-8(5)10/h3,6H,2,4,11H2,1H3. The van der Waals surface area contributed by atoms with Crippen molar-refractivity contribution in [2.45, 2.75) is 13.0 Å². The highest BCUT2D eigenvalue weighted by Crippen LogP contribution is 2.34. The zero-order valence-electron chi connectivity index (χ0n) is 7.22. The summed E-state index contributed by atoms with van der Waals surface area (Å²) >= 11 is 13.0. The summed E-state index contributed by atoms with van der Waals surface area (Å²) in [6, 6.07) is 1.61. The smallest absolute Gasteiger partial charge is 0.0992 e. The minimum Gasteiger partial charge on any atom is -0.380 e. The van der Waals surface area contributed by atoms with Gasteiger partial charge in [0, 0.05) is 12.2 Å². The number of ether oxygens (including phenoxy) is 1. The number of hydrogen-bond acceptors (Lipinski definition) is 3. The van der Waals surface area contributed by atoms with Gasteiger partial charge < -0.3 is 10.5 Å². The maximum absolute atomic E-state index is 5.92. The molecule has 0 fully saturated rings. The fourth-order valence-corrected chi connectivity index (χ4v) is 2.54. The van der Waals surface area contributed by atoms with Gasteiger partial charge in [-0.25, -0.2) is 0 Å². The lowest BCUT2D eigenvalue weighted by atomic mass is 10.2. The van der Waals surface area contributed by atoms with Crippen LogP contribution in [0.25, 0.3) is 0 Å². The molecule has 2 N–H and O–H groups in total. The predicted octanol–water partition coefficient (Wildman–Crippen LogP) is 3.09. The molecule has 1 aromatic heterocycles. The van der Waals surface area contributed by atoms with Gasteiger partial charge in [-0.1, -0.05) is 23.2 Å². The topological polar surface area (TPSA) is 35.2 Å². The highest BCUT2D eigenvalue weighted by molar-refractivity contribution is 7.20. The average molecular weight is 240 g/mol. The fourth-order valence-electron chi connectivity index (χ4n) is 0.940. The molecule has 74 valence electrons. The van der Waals surface area contributed by atoms with E-state index in [4.69, 9.17) is 33.7 Å². The summed E-state index contributed by atoms with van der Waals surface area (Å²) in [5.41, 5.74) is 6.70. The van der Waals surface area contributed by atoms with Crippen LogP contribution in [0.15, 0.2) is 6.07 Å². The molecule has 1 atom stereocenters. The number of hydrogen-bond donors (Lipinski definition) is 1. The van der Waals surface area contributed by atoms with E-state index < -0.39 is 0 Å². The van der Waals surface area contributed by atoms with E-state index in [1.54, 1.807) is 6.07 Å². The lowest BCUT2D eigenvalue weighted by Gasteiger charge is -2.09. The Kier molecular flexibility index (Phi) is 4.49. The molecule has 1 aromatic rings. The Balaban J connectivity index is 2.64. The van der Waals surface area contributed by atoms with Crippen LogP contribution in [-0.4, -0.2) is 13.2 Å². The molecule has 0 aliphatic heterocycles. The first-order valence-corrected chi connectivity index (χ1v) is 5.50. The van der Waals surface area contributed by atoms with Gasteiger partial charge in [0.25, 0.3) is 0 Å². The summed E-state index contributed by atoms with van der Waals surface area (Å²) in [5.74, 6) is 0. The summed E-state index contributed by atoms with van der Waals surface area (Å²) in [6.45, 7) is 3.06.